The molecule has 2 aromatic heterocycles. The van der Waals surface area contributed by atoms with Crippen LogP contribution in [0.1, 0.15) is 6.42 Å². The summed E-state index contributed by atoms with van der Waals surface area (Å²) in [5, 5.41) is 2.63. The van der Waals surface area contributed by atoms with Crippen molar-refractivity contribution in [2.24, 2.45) is 0 Å². The molecule has 74 valence electrons. The predicted octanol–water partition coefficient (Wildman–Crippen LogP) is 2.42. The van der Waals surface area contributed by atoms with E-state index in [0.29, 0.717) is 13.0 Å². The van der Waals surface area contributed by atoms with E-state index in [2.05, 4.69) is 0 Å². The first-order valence-electron chi connectivity index (χ1n) is 4.45. The van der Waals surface area contributed by atoms with Crippen LogP contribution in [-0.2, 0) is 6.54 Å². The van der Waals surface area contributed by atoms with Gasteiger partial charge in [0.15, 0.2) is 0 Å². The molecule has 0 aliphatic heterocycles. The molecule has 2 nitrogen and oxygen atoms in total. The standard InChI is InChI=1S/C10H10FNOS/c11-4-1-5-12-6-2-9-8(10(12)13)3-7-14-9/h2-3,6-7H,1,4-5H2. The lowest BCUT2D eigenvalue weighted by atomic mass is 10.3. The summed E-state index contributed by atoms with van der Waals surface area (Å²) in [5.41, 5.74) is -0.0165. The predicted molar refractivity (Wildman–Crippen MR) is 56.7 cm³/mol. The number of hydrogen-bond donors (Lipinski definition) is 0. The summed E-state index contributed by atoms with van der Waals surface area (Å²) in [6.45, 7) is 0.0786. The number of aromatic nitrogens is 1. The second kappa shape index (κ2) is 3.92. The van der Waals surface area contributed by atoms with Gasteiger partial charge < -0.3 is 4.57 Å². The molecule has 0 unspecified atom stereocenters. The van der Waals surface area contributed by atoms with Crippen LogP contribution < -0.4 is 5.56 Å². The number of hydrogen-bond acceptors (Lipinski definition) is 2. The summed E-state index contributed by atoms with van der Waals surface area (Å²) in [5.74, 6) is 0. The van der Waals surface area contributed by atoms with E-state index >= 15 is 0 Å². The van der Waals surface area contributed by atoms with E-state index in [4.69, 9.17) is 0 Å². The van der Waals surface area contributed by atoms with Crippen molar-refractivity contribution in [3.63, 3.8) is 0 Å². The molecular formula is C10H10FNOS. The SMILES string of the molecule is O=c1c2ccsc2ccn1CCCF. The molecule has 0 N–H and O–H groups in total. The molecule has 0 saturated carbocycles. The van der Waals surface area contributed by atoms with Crippen LogP contribution in [0.3, 0.4) is 0 Å². The van der Waals surface area contributed by atoms with Gasteiger partial charge in [0.2, 0.25) is 0 Å². The minimum Gasteiger partial charge on any atom is -0.315 e. The zero-order valence-corrected chi connectivity index (χ0v) is 8.39. The van der Waals surface area contributed by atoms with Gasteiger partial charge in [-0.2, -0.15) is 0 Å². The maximum Gasteiger partial charge on any atom is 0.259 e. The van der Waals surface area contributed by atoms with E-state index in [0.717, 1.165) is 10.1 Å². The van der Waals surface area contributed by atoms with E-state index in [9.17, 15) is 9.18 Å². The van der Waals surface area contributed by atoms with Gasteiger partial charge in [0.25, 0.3) is 5.56 Å². The summed E-state index contributed by atoms with van der Waals surface area (Å²) in [7, 11) is 0. The molecule has 4 heteroatoms. The van der Waals surface area contributed by atoms with Crippen molar-refractivity contribution in [1.29, 1.82) is 0 Å². The van der Waals surface area contributed by atoms with Crippen LogP contribution in [0.15, 0.2) is 28.5 Å². The first-order chi connectivity index (χ1) is 6.83. The largest absolute Gasteiger partial charge is 0.315 e. The average molecular weight is 211 g/mol. The molecule has 2 rings (SSSR count). The van der Waals surface area contributed by atoms with Crippen LogP contribution >= 0.6 is 11.3 Å². The van der Waals surface area contributed by atoms with E-state index in [-0.39, 0.29) is 12.2 Å². The van der Waals surface area contributed by atoms with Gasteiger partial charge in [0.05, 0.1) is 12.1 Å². The third kappa shape index (κ3) is 1.57. The quantitative estimate of drug-likeness (QED) is 0.764. The molecule has 0 bridgehead atoms. The van der Waals surface area contributed by atoms with Crippen molar-refractivity contribution in [1.82, 2.24) is 4.57 Å². The van der Waals surface area contributed by atoms with Gasteiger partial charge in [-0.05, 0) is 23.9 Å². The van der Waals surface area contributed by atoms with Crippen molar-refractivity contribution in [3.8, 4) is 0 Å². The molecular weight excluding hydrogens is 201 g/mol. The number of pyridine rings is 1. The van der Waals surface area contributed by atoms with Crippen LogP contribution in [0.25, 0.3) is 10.1 Å². The molecule has 0 radical (unpaired) electrons. The summed E-state index contributed by atoms with van der Waals surface area (Å²) < 4.78 is 14.5. The summed E-state index contributed by atoms with van der Waals surface area (Å²) in [6.07, 6.45) is 2.13. The Hall–Kier alpha value is -1.16. The van der Waals surface area contributed by atoms with E-state index < -0.39 is 0 Å². The fourth-order valence-electron chi connectivity index (χ4n) is 1.41. The number of rotatable bonds is 3. The molecule has 14 heavy (non-hydrogen) atoms. The van der Waals surface area contributed by atoms with Crippen LogP contribution in [0.4, 0.5) is 4.39 Å². The molecule has 0 spiro atoms. The summed E-state index contributed by atoms with van der Waals surface area (Å²) >= 11 is 1.55. The molecule has 0 amide bonds. The van der Waals surface area contributed by atoms with E-state index in [1.807, 2.05) is 17.5 Å². The lowest BCUT2D eigenvalue weighted by Crippen LogP contribution is -2.19. The fraction of sp³-hybridized carbons (Fsp3) is 0.300. The van der Waals surface area contributed by atoms with Gasteiger partial charge in [-0.3, -0.25) is 9.18 Å². The van der Waals surface area contributed by atoms with Crippen molar-refractivity contribution >= 4 is 21.4 Å². The topological polar surface area (TPSA) is 22.0 Å². The number of thiophene rings is 1. The zero-order chi connectivity index (χ0) is 9.97. The van der Waals surface area contributed by atoms with Gasteiger partial charge in [-0.15, -0.1) is 11.3 Å². The highest BCUT2D eigenvalue weighted by Gasteiger charge is 2.02. The number of nitrogens with zero attached hydrogens (tertiary/aromatic N) is 1. The Kier molecular flexibility index (Phi) is 2.63. The highest BCUT2D eigenvalue weighted by Crippen LogP contribution is 2.16. The smallest absolute Gasteiger partial charge is 0.259 e. The highest BCUT2D eigenvalue weighted by atomic mass is 32.1. The molecule has 0 atom stereocenters. The molecule has 0 saturated heterocycles. The van der Waals surface area contributed by atoms with Gasteiger partial charge in [0.1, 0.15) is 0 Å². The molecule has 2 heterocycles. The second-order valence-corrected chi connectivity index (χ2v) is 4.00. The Bertz CT molecular complexity index is 488. The van der Waals surface area contributed by atoms with Gasteiger partial charge in [-0.1, -0.05) is 0 Å². The van der Waals surface area contributed by atoms with E-state index in [1.165, 1.54) is 0 Å². The van der Waals surface area contributed by atoms with Crippen molar-refractivity contribution in [2.75, 3.05) is 6.67 Å². The Morgan fingerprint density at radius 1 is 1.43 bits per heavy atom. The summed E-state index contributed by atoms with van der Waals surface area (Å²) in [4.78, 5) is 11.7. The lowest BCUT2D eigenvalue weighted by Gasteiger charge is -2.02. The number of alkyl halides is 1. The average Bonchev–Trinajstić information content (AvgIpc) is 2.66. The van der Waals surface area contributed by atoms with Gasteiger partial charge in [-0.25, -0.2) is 0 Å². The van der Waals surface area contributed by atoms with Crippen LogP contribution in [-0.4, -0.2) is 11.2 Å². The Balaban J connectivity index is 2.46. The minimum absolute atomic E-state index is 0.0165. The minimum atomic E-state index is -0.381. The highest BCUT2D eigenvalue weighted by molar-refractivity contribution is 7.17. The Morgan fingerprint density at radius 3 is 3.07 bits per heavy atom. The molecule has 2 aromatic rings. The molecule has 0 aromatic carbocycles. The van der Waals surface area contributed by atoms with Crippen LogP contribution in [0.2, 0.25) is 0 Å². The number of halogens is 1. The molecule has 0 aliphatic carbocycles. The zero-order valence-electron chi connectivity index (χ0n) is 7.57. The third-order valence-corrected chi connectivity index (χ3v) is 3.01. The lowest BCUT2D eigenvalue weighted by molar-refractivity contribution is 0.444. The van der Waals surface area contributed by atoms with Crippen molar-refractivity contribution in [2.45, 2.75) is 13.0 Å². The maximum absolute atomic E-state index is 12.0. The maximum atomic E-state index is 12.0. The Morgan fingerprint density at radius 2 is 2.29 bits per heavy atom. The summed E-state index contributed by atoms with van der Waals surface area (Å²) in [6, 6.07) is 3.72. The molecule has 0 aliphatic rings. The molecule has 0 fully saturated rings. The van der Waals surface area contributed by atoms with E-state index in [1.54, 1.807) is 22.1 Å². The van der Waals surface area contributed by atoms with Crippen LogP contribution in [0, 0.1) is 0 Å². The van der Waals surface area contributed by atoms with Crippen molar-refractivity contribution in [3.05, 3.63) is 34.1 Å². The van der Waals surface area contributed by atoms with Gasteiger partial charge >= 0.3 is 0 Å². The second-order valence-electron chi connectivity index (χ2n) is 3.06. The monoisotopic (exact) mass is 211 g/mol. The Labute approximate surface area is 84.6 Å². The first kappa shape index (κ1) is 9.40. The van der Waals surface area contributed by atoms with Crippen molar-refractivity contribution < 1.29 is 4.39 Å². The third-order valence-electron chi connectivity index (χ3n) is 2.12. The first-order valence-corrected chi connectivity index (χ1v) is 5.33. The normalized spacial score (nSPS) is 10.9. The van der Waals surface area contributed by atoms with Crippen LogP contribution in [0.5, 0.6) is 0 Å². The number of fused-ring (bicyclic) bond motifs is 1. The van der Waals surface area contributed by atoms with Gasteiger partial charge in [0, 0.05) is 17.4 Å². The number of aryl methyl sites for hydroxylation is 1. The fourth-order valence-corrected chi connectivity index (χ4v) is 2.19.